The predicted molar refractivity (Wildman–Crippen MR) is 109 cm³/mol. The molecule has 0 saturated heterocycles. The third kappa shape index (κ3) is 7.41. The topological polar surface area (TPSA) is 81.7 Å². The van der Waals surface area contributed by atoms with Crippen molar-refractivity contribution in [1.82, 2.24) is 5.32 Å². The first kappa shape index (κ1) is 22.1. The summed E-state index contributed by atoms with van der Waals surface area (Å²) in [6.45, 7) is 2.55. The summed E-state index contributed by atoms with van der Waals surface area (Å²) in [6.07, 6.45) is 0.895. The van der Waals surface area contributed by atoms with E-state index >= 15 is 0 Å². The van der Waals surface area contributed by atoms with Crippen LogP contribution in [0.2, 0.25) is 0 Å². The number of methoxy groups -OCH3 is 1. The van der Waals surface area contributed by atoms with E-state index in [4.69, 9.17) is 9.47 Å². The monoisotopic (exact) mass is 397 g/mol. The number of unbranched alkanes of at least 4 members (excludes halogenated alkanes) is 1. The maximum atomic E-state index is 12.6. The number of carbonyl (C=O) groups is 3. The number of alkyl carbamates (subject to hydrolysis) is 1. The number of esters is 1. The van der Waals surface area contributed by atoms with Crippen LogP contribution in [0, 0.1) is 6.92 Å². The van der Waals surface area contributed by atoms with Crippen molar-refractivity contribution in [3.63, 3.8) is 0 Å². The first-order valence-corrected chi connectivity index (χ1v) is 9.63. The third-order valence-corrected chi connectivity index (χ3v) is 4.50. The van der Waals surface area contributed by atoms with Crippen LogP contribution in [0.5, 0.6) is 0 Å². The Balaban J connectivity index is 1.72. The number of ether oxygens (including phenoxy) is 2. The molecule has 0 aliphatic rings. The Hall–Kier alpha value is -3.15. The van der Waals surface area contributed by atoms with E-state index in [0.717, 1.165) is 11.1 Å². The number of aryl methyl sites for hydroxylation is 1. The van der Waals surface area contributed by atoms with Crippen LogP contribution in [0.3, 0.4) is 0 Å². The van der Waals surface area contributed by atoms with E-state index in [1.54, 1.807) is 12.1 Å². The summed E-state index contributed by atoms with van der Waals surface area (Å²) in [4.78, 5) is 36.4. The minimum Gasteiger partial charge on any atom is -0.468 e. The van der Waals surface area contributed by atoms with Crippen LogP contribution in [0.15, 0.2) is 54.6 Å². The Morgan fingerprint density at radius 2 is 1.66 bits per heavy atom. The molecule has 1 atom stereocenters. The van der Waals surface area contributed by atoms with Crippen molar-refractivity contribution in [2.75, 3.05) is 13.7 Å². The van der Waals surface area contributed by atoms with E-state index in [1.165, 1.54) is 7.11 Å². The molecule has 0 radical (unpaired) electrons. The zero-order valence-corrected chi connectivity index (χ0v) is 16.9. The van der Waals surface area contributed by atoms with Crippen LogP contribution >= 0.6 is 0 Å². The van der Waals surface area contributed by atoms with Crippen molar-refractivity contribution in [2.45, 2.75) is 38.7 Å². The van der Waals surface area contributed by atoms with E-state index in [1.807, 2.05) is 49.4 Å². The molecule has 0 fully saturated rings. The standard InChI is InChI=1S/C23H27NO5/c1-17-11-13-19(14-12-17)21(22(26)28-2)20(25)10-6-7-15-24-23(27)29-16-18-8-4-3-5-9-18/h3-5,8-9,11-14,21H,6-7,10,15-16H2,1-2H3,(H,24,27). The Labute approximate surface area is 171 Å². The largest absolute Gasteiger partial charge is 0.468 e. The van der Waals surface area contributed by atoms with Crippen LogP contribution in [-0.4, -0.2) is 31.5 Å². The van der Waals surface area contributed by atoms with Gasteiger partial charge in [-0.1, -0.05) is 60.2 Å². The van der Waals surface area contributed by atoms with E-state index in [2.05, 4.69) is 5.32 Å². The van der Waals surface area contributed by atoms with Gasteiger partial charge in [-0.15, -0.1) is 0 Å². The minimum absolute atomic E-state index is 0.188. The molecule has 0 spiro atoms. The highest BCUT2D eigenvalue weighted by Gasteiger charge is 2.28. The van der Waals surface area contributed by atoms with Gasteiger partial charge >= 0.3 is 12.1 Å². The molecule has 0 saturated carbocycles. The number of hydrogen-bond acceptors (Lipinski definition) is 5. The van der Waals surface area contributed by atoms with Crippen LogP contribution in [-0.2, 0) is 25.7 Å². The maximum absolute atomic E-state index is 12.6. The van der Waals surface area contributed by atoms with Gasteiger partial charge < -0.3 is 14.8 Å². The van der Waals surface area contributed by atoms with E-state index in [0.29, 0.717) is 24.9 Å². The lowest BCUT2D eigenvalue weighted by Gasteiger charge is -2.14. The second-order valence-corrected chi connectivity index (χ2v) is 6.78. The molecule has 6 nitrogen and oxygen atoms in total. The van der Waals surface area contributed by atoms with Crippen LogP contribution in [0.4, 0.5) is 4.79 Å². The normalized spacial score (nSPS) is 11.4. The van der Waals surface area contributed by atoms with Crippen molar-refractivity contribution in [3.05, 3.63) is 71.3 Å². The molecule has 0 aliphatic heterocycles. The molecular formula is C23H27NO5. The molecular weight excluding hydrogens is 370 g/mol. The number of ketones is 1. The molecule has 1 unspecified atom stereocenters. The summed E-state index contributed by atoms with van der Waals surface area (Å²) < 4.78 is 9.94. The Morgan fingerprint density at radius 3 is 2.31 bits per heavy atom. The van der Waals surface area contributed by atoms with Gasteiger partial charge in [0.15, 0.2) is 5.78 Å². The molecule has 0 aliphatic carbocycles. The zero-order valence-electron chi connectivity index (χ0n) is 16.9. The Bertz CT molecular complexity index is 802. The SMILES string of the molecule is COC(=O)C(C(=O)CCCCNC(=O)OCc1ccccc1)c1ccc(C)cc1. The zero-order chi connectivity index (χ0) is 21.1. The van der Waals surface area contributed by atoms with Gasteiger partial charge in [-0.25, -0.2) is 4.79 Å². The van der Waals surface area contributed by atoms with Crippen molar-refractivity contribution < 1.29 is 23.9 Å². The van der Waals surface area contributed by atoms with Crippen molar-refractivity contribution >= 4 is 17.8 Å². The quantitative estimate of drug-likeness (QED) is 0.373. The minimum atomic E-state index is -0.913. The Kier molecular flexibility index (Phi) is 8.89. The van der Waals surface area contributed by atoms with Crippen LogP contribution < -0.4 is 5.32 Å². The summed E-state index contributed by atoms with van der Waals surface area (Å²) in [7, 11) is 1.28. The number of benzene rings is 2. The highest BCUT2D eigenvalue weighted by molar-refractivity contribution is 6.04. The second kappa shape index (κ2) is 11.6. The molecule has 0 aromatic heterocycles. The number of carbonyl (C=O) groups excluding carboxylic acids is 3. The molecule has 6 heteroatoms. The van der Waals surface area contributed by atoms with Crippen LogP contribution in [0.25, 0.3) is 0 Å². The Morgan fingerprint density at radius 1 is 0.966 bits per heavy atom. The molecule has 154 valence electrons. The number of hydrogen-bond donors (Lipinski definition) is 1. The second-order valence-electron chi connectivity index (χ2n) is 6.78. The summed E-state index contributed by atoms with van der Waals surface area (Å²) in [5.74, 6) is -1.65. The maximum Gasteiger partial charge on any atom is 0.407 e. The lowest BCUT2D eigenvalue weighted by Crippen LogP contribution is -2.26. The fourth-order valence-corrected chi connectivity index (χ4v) is 2.86. The third-order valence-electron chi connectivity index (χ3n) is 4.50. The molecule has 0 bridgehead atoms. The summed E-state index contributed by atoms with van der Waals surface area (Å²) in [5.41, 5.74) is 2.60. The lowest BCUT2D eigenvalue weighted by atomic mass is 9.91. The molecule has 0 heterocycles. The van der Waals surface area contributed by atoms with Gasteiger partial charge in [-0.3, -0.25) is 9.59 Å². The van der Waals surface area contributed by atoms with Gasteiger partial charge in [0.25, 0.3) is 0 Å². The van der Waals surface area contributed by atoms with Crippen molar-refractivity contribution in [2.24, 2.45) is 0 Å². The van der Waals surface area contributed by atoms with Gasteiger partial charge in [0.1, 0.15) is 12.5 Å². The smallest absolute Gasteiger partial charge is 0.407 e. The van der Waals surface area contributed by atoms with Crippen molar-refractivity contribution in [3.8, 4) is 0 Å². The first-order valence-electron chi connectivity index (χ1n) is 9.63. The average Bonchev–Trinajstić information content (AvgIpc) is 2.74. The number of Topliss-reactive ketones (excluding diaryl/α,β-unsaturated/α-hetero) is 1. The van der Waals surface area contributed by atoms with E-state index in [-0.39, 0.29) is 18.8 Å². The predicted octanol–water partition coefficient (Wildman–Crippen LogP) is 3.92. The summed E-state index contributed by atoms with van der Waals surface area (Å²) >= 11 is 0. The first-order chi connectivity index (χ1) is 14.0. The highest BCUT2D eigenvalue weighted by atomic mass is 16.5. The molecule has 1 amide bonds. The lowest BCUT2D eigenvalue weighted by molar-refractivity contribution is -0.145. The summed E-state index contributed by atoms with van der Waals surface area (Å²) in [5, 5.41) is 2.66. The van der Waals surface area contributed by atoms with Gasteiger partial charge in [0, 0.05) is 13.0 Å². The number of amides is 1. The van der Waals surface area contributed by atoms with E-state index < -0.39 is 18.0 Å². The molecule has 29 heavy (non-hydrogen) atoms. The molecule has 1 N–H and O–H groups in total. The fraction of sp³-hybridized carbons (Fsp3) is 0.348. The highest BCUT2D eigenvalue weighted by Crippen LogP contribution is 2.21. The molecule has 2 rings (SSSR count). The van der Waals surface area contributed by atoms with Gasteiger partial charge in [0.2, 0.25) is 0 Å². The van der Waals surface area contributed by atoms with Crippen LogP contribution in [0.1, 0.15) is 41.9 Å². The van der Waals surface area contributed by atoms with Gasteiger partial charge in [-0.2, -0.15) is 0 Å². The van der Waals surface area contributed by atoms with Gasteiger partial charge in [-0.05, 0) is 30.9 Å². The molecule has 2 aromatic carbocycles. The number of nitrogens with one attached hydrogen (secondary N) is 1. The van der Waals surface area contributed by atoms with Crippen molar-refractivity contribution in [1.29, 1.82) is 0 Å². The number of rotatable bonds is 10. The summed E-state index contributed by atoms with van der Waals surface area (Å²) in [6, 6.07) is 16.7. The molecule has 2 aromatic rings. The average molecular weight is 397 g/mol. The van der Waals surface area contributed by atoms with Gasteiger partial charge in [0.05, 0.1) is 7.11 Å². The fourth-order valence-electron chi connectivity index (χ4n) is 2.86. The van der Waals surface area contributed by atoms with E-state index in [9.17, 15) is 14.4 Å².